The Labute approximate surface area is 146 Å². The molecule has 0 aliphatic heterocycles. The summed E-state index contributed by atoms with van der Waals surface area (Å²) in [6, 6.07) is 7.54. The van der Waals surface area contributed by atoms with E-state index in [-0.39, 0.29) is 24.4 Å². The molecule has 1 fully saturated rings. The number of nitrogens with zero attached hydrogens (tertiary/aromatic N) is 1. The van der Waals surface area contributed by atoms with Gasteiger partial charge in [-0.25, -0.2) is 0 Å². The Morgan fingerprint density at radius 3 is 2.91 bits per heavy atom. The molecule has 1 aromatic heterocycles. The lowest BCUT2D eigenvalue weighted by Gasteiger charge is -2.19. The fourth-order valence-corrected chi connectivity index (χ4v) is 3.31. The third-order valence-electron chi connectivity index (χ3n) is 4.31. The molecule has 0 bridgehead atoms. The van der Waals surface area contributed by atoms with Gasteiger partial charge in [0.25, 0.3) is 5.91 Å². The van der Waals surface area contributed by atoms with Gasteiger partial charge in [0.05, 0.1) is 17.5 Å². The van der Waals surface area contributed by atoms with Crippen LogP contribution in [-0.4, -0.2) is 28.7 Å². The maximum Gasteiger partial charge on any atom is 0.255 e. The molecule has 124 valence electrons. The highest BCUT2D eigenvalue weighted by Crippen LogP contribution is 2.29. The summed E-state index contributed by atoms with van der Waals surface area (Å²) in [5.74, 6) is 0.230. The lowest BCUT2D eigenvalue weighted by atomic mass is 10.0. The van der Waals surface area contributed by atoms with Crippen LogP contribution in [0.3, 0.4) is 0 Å². The molecule has 0 radical (unpaired) electrons. The molecule has 1 aliphatic rings. The number of hydrogen-bond donors (Lipinski definition) is 3. The summed E-state index contributed by atoms with van der Waals surface area (Å²) < 4.78 is 0. The van der Waals surface area contributed by atoms with Gasteiger partial charge in [-0.1, -0.05) is 36.2 Å². The molecule has 1 heterocycles. The zero-order valence-electron chi connectivity index (χ0n) is 12.6. The summed E-state index contributed by atoms with van der Waals surface area (Å²) in [4.78, 5) is 12.6. The predicted octanol–water partition coefficient (Wildman–Crippen LogP) is 3.01. The van der Waals surface area contributed by atoms with E-state index < -0.39 is 0 Å². The lowest BCUT2D eigenvalue weighted by Crippen LogP contribution is -2.39. The maximum atomic E-state index is 12.6. The molecular formula is C16H20Cl2N4O. The van der Waals surface area contributed by atoms with Gasteiger partial charge < -0.3 is 11.1 Å². The van der Waals surface area contributed by atoms with Gasteiger partial charge in [0.1, 0.15) is 0 Å². The summed E-state index contributed by atoms with van der Waals surface area (Å²) in [6.45, 7) is 0.605. The van der Waals surface area contributed by atoms with Gasteiger partial charge in [0, 0.05) is 16.6 Å². The van der Waals surface area contributed by atoms with Crippen LogP contribution < -0.4 is 11.1 Å². The number of benzene rings is 1. The molecule has 2 atom stereocenters. The number of aromatic nitrogens is 2. The number of hydrogen-bond acceptors (Lipinski definition) is 3. The molecule has 5 nitrogen and oxygen atoms in total. The van der Waals surface area contributed by atoms with Crippen LogP contribution in [0.2, 0.25) is 5.02 Å². The van der Waals surface area contributed by atoms with E-state index in [1.807, 2.05) is 18.2 Å². The summed E-state index contributed by atoms with van der Waals surface area (Å²) in [7, 11) is 0. The van der Waals surface area contributed by atoms with Crippen molar-refractivity contribution in [2.45, 2.75) is 25.3 Å². The first-order chi connectivity index (χ1) is 10.7. The van der Waals surface area contributed by atoms with Gasteiger partial charge in [-0.2, -0.15) is 5.10 Å². The number of rotatable bonds is 4. The maximum absolute atomic E-state index is 12.6. The largest absolute Gasteiger partial charge is 0.349 e. The molecule has 2 unspecified atom stereocenters. The number of carbonyl (C=O) groups is 1. The highest BCUT2D eigenvalue weighted by atomic mass is 35.5. The van der Waals surface area contributed by atoms with Crippen LogP contribution in [0.15, 0.2) is 30.5 Å². The predicted molar refractivity (Wildman–Crippen MR) is 93.9 cm³/mol. The summed E-state index contributed by atoms with van der Waals surface area (Å²) in [5, 5.41) is 10.6. The van der Waals surface area contributed by atoms with Crippen LogP contribution in [0.1, 0.15) is 29.6 Å². The second kappa shape index (κ2) is 7.81. The molecular weight excluding hydrogens is 335 g/mol. The third-order valence-corrected chi connectivity index (χ3v) is 4.64. The minimum atomic E-state index is -0.131. The Morgan fingerprint density at radius 1 is 1.39 bits per heavy atom. The van der Waals surface area contributed by atoms with E-state index >= 15 is 0 Å². The molecule has 0 saturated heterocycles. The summed E-state index contributed by atoms with van der Waals surface area (Å²) in [6.07, 6.45) is 4.70. The molecule has 2 aromatic rings. The smallest absolute Gasteiger partial charge is 0.255 e. The van der Waals surface area contributed by atoms with Crippen molar-refractivity contribution in [3.05, 3.63) is 41.0 Å². The van der Waals surface area contributed by atoms with Crippen LogP contribution in [-0.2, 0) is 0 Å². The second-order valence-corrected chi connectivity index (χ2v) is 6.05. The van der Waals surface area contributed by atoms with E-state index in [1.54, 1.807) is 12.3 Å². The van der Waals surface area contributed by atoms with E-state index in [4.69, 9.17) is 17.3 Å². The Bertz CT molecular complexity index is 674. The van der Waals surface area contributed by atoms with Gasteiger partial charge in [-0.15, -0.1) is 12.4 Å². The Morgan fingerprint density at radius 2 is 2.17 bits per heavy atom. The minimum absolute atomic E-state index is 0. The number of halogens is 2. The number of carbonyl (C=O) groups excluding carboxylic acids is 1. The second-order valence-electron chi connectivity index (χ2n) is 5.65. The van der Waals surface area contributed by atoms with Gasteiger partial charge in [-0.05, 0) is 31.4 Å². The van der Waals surface area contributed by atoms with Crippen LogP contribution in [0.4, 0.5) is 0 Å². The van der Waals surface area contributed by atoms with Gasteiger partial charge in [-0.3, -0.25) is 9.89 Å². The Balaban J connectivity index is 0.00000192. The molecule has 4 N–H and O–H groups in total. The Kier molecular flexibility index (Phi) is 6.04. The molecule has 1 aromatic carbocycles. The van der Waals surface area contributed by atoms with Crippen molar-refractivity contribution in [3.8, 4) is 11.3 Å². The number of aromatic amines is 1. The van der Waals surface area contributed by atoms with Crippen molar-refractivity contribution < 1.29 is 4.79 Å². The molecule has 3 rings (SSSR count). The quantitative estimate of drug-likeness (QED) is 0.788. The third kappa shape index (κ3) is 3.68. The zero-order valence-corrected chi connectivity index (χ0v) is 14.2. The number of nitrogens with one attached hydrogen (secondary N) is 2. The first-order valence-corrected chi connectivity index (χ1v) is 7.87. The van der Waals surface area contributed by atoms with E-state index in [2.05, 4.69) is 15.5 Å². The topological polar surface area (TPSA) is 83.8 Å². The first-order valence-electron chi connectivity index (χ1n) is 7.50. The van der Waals surface area contributed by atoms with Crippen LogP contribution in [0.5, 0.6) is 0 Å². The van der Waals surface area contributed by atoms with Crippen LogP contribution in [0.25, 0.3) is 11.3 Å². The van der Waals surface area contributed by atoms with Crippen molar-refractivity contribution in [2.75, 3.05) is 6.54 Å². The summed E-state index contributed by atoms with van der Waals surface area (Å²) in [5.41, 5.74) is 7.70. The molecule has 1 amide bonds. The normalized spacial score (nSPS) is 20.1. The highest BCUT2D eigenvalue weighted by molar-refractivity contribution is 6.33. The fourth-order valence-electron chi connectivity index (χ4n) is 3.08. The summed E-state index contributed by atoms with van der Waals surface area (Å²) >= 11 is 6.21. The average Bonchev–Trinajstić information content (AvgIpc) is 3.16. The van der Waals surface area contributed by atoms with Crippen LogP contribution in [0, 0.1) is 5.92 Å². The Hall–Kier alpha value is -1.56. The number of nitrogens with two attached hydrogens (primary N) is 1. The van der Waals surface area contributed by atoms with Gasteiger partial charge >= 0.3 is 0 Å². The lowest BCUT2D eigenvalue weighted by molar-refractivity contribution is 0.0929. The average molecular weight is 355 g/mol. The highest BCUT2D eigenvalue weighted by Gasteiger charge is 2.28. The van der Waals surface area contributed by atoms with Crippen molar-refractivity contribution in [1.29, 1.82) is 0 Å². The molecule has 1 saturated carbocycles. The number of amides is 1. The van der Waals surface area contributed by atoms with Gasteiger partial charge in [0.2, 0.25) is 0 Å². The van der Waals surface area contributed by atoms with E-state index in [0.29, 0.717) is 28.7 Å². The molecule has 7 heteroatoms. The molecule has 23 heavy (non-hydrogen) atoms. The van der Waals surface area contributed by atoms with Gasteiger partial charge in [0.15, 0.2) is 0 Å². The minimum Gasteiger partial charge on any atom is -0.349 e. The first kappa shape index (κ1) is 17.8. The SMILES string of the molecule is Cl.NCC1CCCC1NC(=O)c1cn[nH]c1-c1ccccc1Cl. The van der Waals surface area contributed by atoms with Crippen molar-refractivity contribution >= 4 is 29.9 Å². The zero-order chi connectivity index (χ0) is 15.5. The van der Waals surface area contributed by atoms with E-state index in [9.17, 15) is 4.79 Å². The molecule has 0 spiro atoms. The fraction of sp³-hybridized carbons (Fsp3) is 0.375. The van der Waals surface area contributed by atoms with Crippen molar-refractivity contribution in [1.82, 2.24) is 15.5 Å². The van der Waals surface area contributed by atoms with E-state index in [1.165, 1.54) is 0 Å². The number of H-pyrrole nitrogens is 1. The standard InChI is InChI=1S/C16H19ClN4O.ClH/c17-13-6-2-1-5-11(13)15-12(9-19-21-15)16(22)20-14-7-3-4-10(14)8-18;/h1-2,5-6,9-10,14H,3-4,7-8,18H2,(H,19,21)(H,20,22);1H. The van der Waals surface area contributed by atoms with Crippen LogP contribution >= 0.6 is 24.0 Å². The monoisotopic (exact) mass is 354 g/mol. The van der Waals surface area contributed by atoms with E-state index in [0.717, 1.165) is 24.8 Å². The van der Waals surface area contributed by atoms with Crippen molar-refractivity contribution in [2.24, 2.45) is 11.7 Å². The molecule has 1 aliphatic carbocycles. The van der Waals surface area contributed by atoms with Crippen molar-refractivity contribution in [3.63, 3.8) is 0 Å².